The molecule has 1 amide bonds. The zero-order valence-corrected chi connectivity index (χ0v) is 11.1. The lowest BCUT2D eigenvalue weighted by Crippen LogP contribution is -2.24. The minimum atomic E-state index is -4.46. The number of alkyl halides is 3. The van der Waals surface area contributed by atoms with Gasteiger partial charge in [0.2, 0.25) is 0 Å². The minimum Gasteiger partial charge on any atom is -0.484 e. The lowest BCUT2D eigenvalue weighted by atomic mass is 10.2. The molecule has 2 aromatic rings. The van der Waals surface area contributed by atoms with Gasteiger partial charge in [0.1, 0.15) is 11.5 Å². The van der Waals surface area contributed by atoms with E-state index in [2.05, 4.69) is 10.5 Å². The maximum absolute atomic E-state index is 12.5. The van der Waals surface area contributed by atoms with E-state index >= 15 is 0 Å². The molecule has 0 aliphatic rings. The molecule has 5 nitrogen and oxygen atoms in total. The lowest BCUT2D eigenvalue weighted by molar-refractivity contribution is -0.137. The highest BCUT2D eigenvalue weighted by Gasteiger charge is 2.30. The Balaban J connectivity index is 1.83. The van der Waals surface area contributed by atoms with E-state index in [9.17, 15) is 18.0 Å². The van der Waals surface area contributed by atoms with Gasteiger partial charge in [0, 0.05) is 0 Å². The summed E-state index contributed by atoms with van der Waals surface area (Å²) < 4.78 is 47.4. The maximum atomic E-state index is 12.5. The van der Waals surface area contributed by atoms with Crippen molar-refractivity contribution in [3.63, 3.8) is 0 Å². The van der Waals surface area contributed by atoms with Crippen LogP contribution in [0.2, 0.25) is 0 Å². The number of nitrogens with one attached hydrogen (secondary N) is 1. The second kappa shape index (κ2) is 6.79. The molecule has 0 bridgehead atoms. The van der Waals surface area contributed by atoms with Gasteiger partial charge in [-0.2, -0.15) is 18.3 Å². The SMILES string of the molecule is O=C(COc1cccc(C(F)(F)F)c1)N/N=C/c1ccco1. The maximum Gasteiger partial charge on any atom is 0.416 e. The van der Waals surface area contributed by atoms with E-state index < -0.39 is 24.3 Å². The molecule has 1 aromatic heterocycles. The van der Waals surface area contributed by atoms with Crippen LogP contribution in [0.1, 0.15) is 11.3 Å². The van der Waals surface area contributed by atoms with Gasteiger partial charge in [0.25, 0.3) is 5.91 Å². The summed E-state index contributed by atoms with van der Waals surface area (Å²) in [6.07, 6.45) is -1.74. The Morgan fingerprint density at radius 2 is 2.14 bits per heavy atom. The number of benzene rings is 1. The van der Waals surface area contributed by atoms with E-state index in [-0.39, 0.29) is 5.75 Å². The summed E-state index contributed by atoms with van der Waals surface area (Å²) in [5.41, 5.74) is 1.31. The fraction of sp³-hybridized carbons (Fsp3) is 0.143. The predicted octanol–water partition coefficient (Wildman–Crippen LogP) is 2.83. The number of amides is 1. The molecule has 0 radical (unpaired) electrons. The van der Waals surface area contributed by atoms with Gasteiger partial charge in [-0.05, 0) is 30.3 Å². The molecule has 0 fully saturated rings. The Kier molecular flexibility index (Phi) is 4.82. The largest absolute Gasteiger partial charge is 0.484 e. The van der Waals surface area contributed by atoms with Crippen molar-refractivity contribution in [2.75, 3.05) is 6.61 Å². The van der Waals surface area contributed by atoms with Crippen LogP contribution < -0.4 is 10.2 Å². The summed E-state index contributed by atoms with van der Waals surface area (Å²) in [6.45, 7) is -0.462. The second-order valence-electron chi connectivity index (χ2n) is 4.12. The van der Waals surface area contributed by atoms with E-state index in [1.165, 1.54) is 24.6 Å². The number of carbonyl (C=O) groups excluding carboxylic acids is 1. The molecule has 0 saturated heterocycles. The summed E-state index contributed by atoms with van der Waals surface area (Å²) in [5, 5.41) is 3.60. The van der Waals surface area contributed by atoms with Crippen LogP contribution in [-0.2, 0) is 11.0 Å². The first kappa shape index (κ1) is 15.6. The molecule has 1 aromatic carbocycles. The molecule has 1 heterocycles. The summed E-state index contributed by atoms with van der Waals surface area (Å²) >= 11 is 0. The molecule has 0 spiro atoms. The van der Waals surface area contributed by atoms with E-state index in [4.69, 9.17) is 9.15 Å². The topological polar surface area (TPSA) is 63.8 Å². The number of nitrogens with zero attached hydrogens (tertiary/aromatic N) is 1. The zero-order valence-electron chi connectivity index (χ0n) is 11.1. The molecule has 0 saturated carbocycles. The van der Waals surface area contributed by atoms with Crippen LogP contribution >= 0.6 is 0 Å². The number of rotatable bonds is 5. The highest BCUT2D eigenvalue weighted by molar-refractivity contribution is 5.81. The van der Waals surface area contributed by atoms with Gasteiger partial charge in [0.15, 0.2) is 6.61 Å². The molecule has 0 atom stereocenters. The monoisotopic (exact) mass is 312 g/mol. The highest BCUT2D eigenvalue weighted by Crippen LogP contribution is 2.31. The first-order chi connectivity index (χ1) is 10.4. The number of furan rings is 1. The zero-order chi connectivity index (χ0) is 16.0. The molecular formula is C14H11F3N2O3. The Bertz CT molecular complexity index is 652. The van der Waals surface area contributed by atoms with Crippen LogP contribution in [-0.4, -0.2) is 18.7 Å². The van der Waals surface area contributed by atoms with Crippen LogP contribution in [0.25, 0.3) is 0 Å². The molecule has 22 heavy (non-hydrogen) atoms. The average Bonchev–Trinajstić information content (AvgIpc) is 2.98. The number of carbonyl (C=O) groups is 1. The van der Waals surface area contributed by atoms with Crippen molar-refractivity contribution in [2.45, 2.75) is 6.18 Å². The normalized spacial score (nSPS) is 11.6. The van der Waals surface area contributed by atoms with Crippen LogP contribution in [0.3, 0.4) is 0 Å². The van der Waals surface area contributed by atoms with Gasteiger partial charge in [0.05, 0.1) is 18.0 Å². The van der Waals surface area contributed by atoms with Crippen molar-refractivity contribution in [2.24, 2.45) is 5.10 Å². The van der Waals surface area contributed by atoms with Crippen LogP contribution in [0.4, 0.5) is 13.2 Å². The Labute approximate surface area is 123 Å². The van der Waals surface area contributed by atoms with Gasteiger partial charge < -0.3 is 9.15 Å². The first-order valence-electron chi connectivity index (χ1n) is 6.10. The van der Waals surface area contributed by atoms with Gasteiger partial charge in [-0.15, -0.1) is 0 Å². The van der Waals surface area contributed by atoms with Gasteiger partial charge in [-0.25, -0.2) is 5.43 Å². The quantitative estimate of drug-likeness (QED) is 0.682. The highest BCUT2D eigenvalue weighted by atomic mass is 19.4. The molecule has 116 valence electrons. The number of halogens is 3. The van der Waals surface area contributed by atoms with Crippen LogP contribution in [0.15, 0.2) is 52.2 Å². The van der Waals surface area contributed by atoms with E-state index in [1.807, 2.05) is 0 Å². The van der Waals surface area contributed by atoms with E-state index in [0.29, 0.717) is 5.76 Å². The van der Waals surface area contributed by atoms with Crippen molar-refractivity contribution in [3.05, 3.63) is 54.0 Å². The molecule has 8 heteroatoms. The molecule has 0 aliphatic heterocycles. The third-order valence-electron chi connectivity index (χ3n) is 2.46. The Hall–Kier alpha value is -2.77. The van der Waals surface area contributed by atoms with Crippen molar-refractivity contribution >= 4 is 12.1 Å². The van der Waals surface area contributed by atoms with Crippen molar-refractivity contribution in [3.8, 4) is 5.75 Å². The lowest BCUT2D eigenvalue weighted by Gasteiger charge is -2.09. The fourth-order valence-corrected chi connectivity index (χ4v) is 1.48. The standard InChI is InChI=1S/C14H11F3N2O3/c15-14(16,17)10-3-1-4-11(7-10)22-9-13(20)19-18-8-12-5-2-6-21-12/h1-8H,9H2,(H,19,20)/b18-8+. The molecular weight excluding hydrogens is 301 g/mol. The molecule has 2 rings (SSSR count). The smallest absolute Gasteiger partial charge is 0.416 e. The Morgan fingerprint density at radius 1 is 1.32 bits per heavy atom. The van der Waals surface area contributed by atoms with Crippen molar-refractivity contribution in [1.82, 2.24) is 5.43 Å². The summed E-state index contributed by atoms with van der Waals surface area (Å²) in [6, 6.07) is 7.55. The third-order valence-corrected chi connectivity index (χ3v) is 2.46. The molecule has 1 N–H and O–H groups in total. The van der Waals surface area contributed by atoms with Crippen LogP contribution in [0, 0.1) is 0 Å². The predicted molar refractivity (Wildman–Crippen MR) is 71.4 cm³/mol. The van der Waals surface area contributed by atoms with Crippen molar-refractivity contribution < 1.29 is 27.1 Å². The van der Waals surface area contributed by atoms with Gasteiger partial charge in [-0.3, -0.25) is 4.79 Å². The summed E-state index contributed by atoms with van der Waals surface area (Å²) in [7, 11) is 0. The molecule has 0 unspecified atom stereocenters. The Morgan fingerprint density at radius 3 is 2.82 bits per heavy atom. The van der Waals surface area contributed by atoms with Crippen molar-refractivity contribution in [1.29, 1.82) is 0 Å². The third kappa shape index (κ3) is 4.65. The number of ether oxygens (including phenoxy) is 1. The van der Waals surface area contributed by atoms with E-state index in [0.717, 1.165) is 12.1 Å². The number of hydrogen-bond donors (Lipinski definition) is 1. The first-order valence-corrected chi connectivity index (χ1v) is 6.10. The van der Waals surface area contributed by atoms with Crippen LogP contribution in [0.5, 0.6) is 5.75 Å². The fourth-order valence-electron chi connectivity index (χ4n) is 1.48. The number of hydrogen-bond acceptors (Lipinski definition) is 4. The summed E-state index contributed by atoms with van der Waals surface area (Å²) in [4.78, 5) is 11.4. The van der Waals surface area contributed by atoms with Gasteiger partial charge in [-0.1, -0.05) is 6.07 Å². The van der Waals surface area contributed by atoms with E-state index in [1.54, 1.807) is 12.1 Å². The van der Waals surface area contributed by atoms with Gasteiger partial charge >= 0.3 is 6.18 Å². The minimum absolute atomic E-state index is 0.0556. The average molecular weight is 312 g/mol. The molecule has 0 aliphatic carbocycles. The summed E-state index contributed by atoms with van der Waals surface area (Å²) in [5.74, 6) is -0.223. The number of hydrazone groups is 1. The second-order valence-corrected chi connectivity index (χ2v) is 4.12.